The van der Waals surface area contributed by atoms with Crippen molar-refractivity contribution in [2.24, 2.45) is 0 Å². The first-order chi connectivity index (χ1) is 4.33. The fraction of sp³-hybridized carbons (Fsp3) is 0.500. The Hall–Kier alpha value is -0.400. The van der Waals surface area contributed by atoms with Crippen LogP contribution in [-0.2, 0) is 9.36 Å². The second-order valence-electron chi connectivity index (χ2n) is 2.31. The van der Waals surface area contributed by atoms with Gasteiger partial charge in [0.25, 0.3) is 0 Å². The lowest BCUT2D eigenvalue weighted by Gasteiger charge is -1.97. The Morgan fingerprint density at radius 2 is 1.90 bits per heavy atom. The zero-order valence-electron chi connectivity index (χ0n) is 6.29. The van der Waals surface area contributed by atoms with Crippen molar-refractivity contribution in [2.45, 2.75) is 13.8 Å². The van der Waals surface area contributed by atoms with Crippen molar-refractivity contribution in [1.29, 1.82) is 0 Å². The van der Waals surface area contributed by atoms with Crippen LogP contribution < -0.4 is 0 Å². The number of rotatable bonds is 2. The number of carbonyl (C=O) groups excluding carboxylic acids is 1. The molecule has 0 saturated heterocycles. The normalized spacial score (nSPS) is 18.2. The summed E-state index contributed by atoms with van der Waals surface area (Å²) < 4.78 is 10.7. The molecular formula is C6H11O3P. The lowest BCUT2D eigenvalue weighted by Crippen LogP contribution is -1.90. The molecule has 10 heavy (non-hydrogen) atoms. The molecule has 0 spiro atoms. The van der Waals surface area contributed by atoms with Crippen LogP contribution in [0.3, 0.4) is 0 Å². The van der Waals surface area contributed by atoms with E-state index in [-0.39, 0.29) is 5.78 Å². The summed E-state index contributed by atoms with van der Waals surface area (Å²) in [7, 11) is -3.16. The molecule has 1 unspecified atom stereocenters. The van der Waals surface area contributed by atoms with Gasteiger partial charge in [0.2, 0.25) is 7.37 Å². The van der Waals surface area contributed by atoms with Gasteiger partial charge in [0.05, 0.1) is 0 Å². The first kappa shape index (κ1) is 9.60. The van der Waals surface area contributed by atoms with Gasteiger partial charge in [0.1, 0.15) is 0 Å². The van der Waals surface area contributed by atoms with E-state index in [1.165, 1.54) is 20.5 Å². The van der Waals surface area contributed by atoms with Gasteiger partial charge in [-0.15, -0.1) is 0 Å². The molecule has 0 bridgehead atoms. The summed E-state index contributed by atoms with van der Waals surface area (Å²) in [5, 5.41) is 0. The second kappa shape index (κ2) is 3.13. The molecule has 0 fully saturated rings. The summed E-state index contributed by atoms with van der Waals surface area (Å²) in [6, 6.07) is 0. The summed E-state index contributed by atoms with van der Waals surface area (Å²) >= 11 is 0. The molecule has 1 N–H and O–H groups in total. The number of hydrogen-bond donors (Lipinski definition) is 1. The molecule has 3 nitrogen and oxygen atoms in total. The fourth-order valence-electron chi connectivity index (χ4n) is 0.450. The number of ketones is 1. The van der Waals surface area contributed by atoms with Crippen LogP contribution in [0.4, 0.5) is 0 Å². The molecule has 0 aliphatic carbocycles. The topological polar surface area (TPSA) is 54.4 Å². The van der Waals surface area contributed by atoms with Gasteiger partial charge in [-0.2, -0.15) is 0 Å². The standard InChI is InChI=1S/C6H11O3P/c1-5(6(2)7)4-10(3,8)9/h4H,1-3H3,(H,8,9)/b5-4+. The average Bonchev–Trinajstić information content (AvgIpc) is 1.60. The van der Waals surface area contributed by atoms with Gasteiger partial charge in [-0.3, -0.25) is 9.36 Å². The van der Waals surface area contributed by atoms with E-state index in [4.69, 9.17) is 4.89 Å². The number of carbonyl (C=O) groups is 1. The monoisotopic (exact) mass is 162 g/mol. The van der Waals surface area contributed by atoms with Gasteiger partial charge in [-0.25, -0.2) is 0 Å². The van der Waals surface area contributed by atoms with Gasteiger partial charge in [0, 0.05) is 12.5 Å². The average molecular weight is 162 g/mol. The van der Waals surface area contributed by atoms with Crippen molar-refractivity contribution in [1.82, 2.24) is 0 Å². The minimum atomic E-state index is -3.16. The summed E-state index contributed by atoms with van der Waals surface area (Å²) in [5.74, 6) is 0.936. The lowest BCUT2D eigenvalue weighted by atomic mass is 10.2. The van der Waals surface area contributed by atoms with Crippen LogP contribution in [0.1, 0.15) is 13.8 Å². The molecule has 0 aliphatic rings. The molecule has 0 aromatic carbocycles. The van der Waals surface area contributed by atoms with Crippen molar-refractivity contribution in [3.05, 3.63) is 11.4 Å². The largest absolute Gasteiger partial charge is 0.342 e. The van der Waals surface area contributed by atoms with Crippen LogP contribution in [0, 0.1) is 0 Å². The van der Waals surface area contributed by atoms with Crippen molar-refractivity contribution in [2.75, 3.05) is 6.66 Å². The number of allylic oxidation sites excluding steroid dienone is 1. The molecule has 0 aliphatic heterocycles. The predicted octanol–water partition coefficient (Wildman–Crippen LogP) is 1.38. The lowest BCUT2D eigenvalue weighted by molar-refractivity contribution is -0.113. The Morgan fingerprint density at radius 3 is 2.00 bits per heavy atom. The maximum atomic E-state index is 10.7. The molecule has 0 radical (unpaired) electrons. The third-order valence-corrected chi connectivity index (χ3v) is 1.85. The SMILES string of the molecule is CC(=O)/C(C)=C/P(C)(=O)O. The second-order valence-corrected chi connectivity index (χ2v) is 4.46. The van der Waals surface area contributed by atoms with Gasteiger partial charge in [0.15, 0.2) is 5.78 Å². The van der Waals surface area contributed by atoms with Gasteiger partial charge in [-0.05, 0) is 19.4 Å². The van der Waals surface area contributed by atoms with E-state index < -0.39 is 7.37 Å². The van der Waals surface area contributed by atoms with E-state index >= 15 is 0 Å². The minimum Gasteiger partial charge on any atom is -0.342 e. The van der Waals surface area contributed by atoms with E-state index in [9.17, 15) is 9.36 Å². The molecule has 0 aromatic rings. The molecule has 58 valence electrons. The van der Waals surface area contributed by atoms with Crippen LogP contribution in [0.15, 0.2) is 11.4 Å². The molecule has 0 amide bonds. The predicted molar refractivity (Wildman–Crippen MR) is 40.2 cm³/mol. The molecule has 0 aromatic heterocycles. The number of Topliss-reactive ketones (excluding diaryl/α,β-unsaturated/α-hetero) is 1. The fourth-order valence-corrected chi connectivity index (χ4v) is 1.35. The third kappa shape index (κ3) is 4.48. The highest BCUT2D eigenvalue weighted by Gasteiger charge is 2.06. The summed E-state index contributed by atoms with van der Waals surface area (Å²) in [6.45, 7) is 4.08. The van der Waals surface area contributed by atoms with Crippen molar-refractivity contribution >= 4 is 13.2 Å². The Bertz CT molecular complexity index is 211. The van der Waals surface area contributed by atoms with Crippen LogP contribution >= 0.6 is 7.37 Å². The van der Waals surface area contributed by atoms with E-state index in [1.807, 2.05) is 0 Å². The Labute approximate surface area is 60.2 Å². The maximum Gasteiger partial charge on any atom is 0.220 e. The van der Waals surface area contributed by atoms with Crippen molar-refractivity contribution < 1.29 is 14.3 Å². The van der Waals surface area contributed by atoms with Crippen LogP contribution in [0.25, 0.3) is 0 Å². The van der Waals surface area contributed by atoms with Crippen LogP contribution in [0.2, 0.25) is 0 Å². The summed E-state index contributed by atoms with van der Waals surface area (Å²) in [6.07, 6.45) is 0. The Kier molecular flexibility index (Phi) is 3.00. The van der Waals surface area contributed by atoms with Crippen molar-refractivity contribution in [3.8, 4) is 0 Å². The van der Waals surface area contributed by atoms with E-state index in [0.29, 0.717) is 5.57 Å². The molecule has 0 heterocycles. The zero-order chi connectivity index (χ0) is 8.36. The van der Waals surface area contributed by atoms with Gasteiger partial charge < -0.3 is 4.89 Å². The minimum absolute atomic E-state index is 0.170. The summed E-state index contributed by atoms with van der Waals surface area (Å²) in [4.78, 5) is 19.3. The first-order valence-electron chi connectivity index (χ1n) is 2.83. The van der Waals surface area contributed by atoms with Gasteiger partial charge >= 0.3 is 0 Å². The molecular weight excluding hydrogens is 151 g/mol. The zero-order valence-corrected chi connectivity index (χ0v) is 7.18. The smallest absolute Gasteiger partial charge is 0.220 e. The first-order valence-corrected chi connectivity index (χ1v) is 5.01. The van der Waals surface area contributed by atoms with Gasteiger partial charge in [-0.1, -0.05) is 0 Å². The Balaban J connectivity index is 4.48. The highest BCUT2D eigenvalue weighted by Crippen LogP contribution is 2.38. The highest BCUT2D eigenvalue weighted by atomic mass is 31.2. The third-order valence-electron chi connectivity index (χ3n) is 0.989. The molecule has 1 atom stereocenters. The van der Waals surface area contributed by atoms with Crippen LogP contribution in [-0.4, -0.2) is 17.3 Å². The van der Waals surface area contributed by atoms with Crippen molar-refractivity contribution in [3.63, 3.8) is 0 Å². The van der Waals surface area contributed by atoms with Crippen LogP contribution in [0.5, 0.6) is 0 Å². The molecule has 4 heteroatoms. The van der Waals surface area contributed by atoms with E-state index in [2.05, 4.69) is 0 Å². The molecule has 0 rings (SSSR count). The maximum absolute atomic E-state index is 10.7. The van der Waals surface area contributed by atoms with E-state index in [1.54, 1.807) is 0 Å². The Morgan fingerprint density at radius 1 is 1.50 bits per heavy atom. The highest BCUT2D eigenvalue weighted by molar-refractivity contribution is 7.60. The summed E-state index contributed by atoms with van der Waals surface area (Å²) in [5.41, 5.74) is 0.341. The van der Waals surface area contributed by atoms with E-state index in [0.717, 1.165) is 5.82 Å². The molecule has 0 saturated carbocycles. The quantitative estimate of drug-likeness (QED) is 0.493. The number of hydrogen-bond acceptors (Lipinski definition) is 2.